The Morgan fingerprint density at radius 1 is 1.07 bits per heavy atom. The maximum Gasteiger partial charge on any atom is 0.115 e. The third kappa shape index (κ3) is 13.9. The van der Waals surface area contributed by atoms with Gasteiger partial charge in [0.2, 0.25) is 0 Å². The van der Waals surface area contributed by atoms with Crippen LogP contribution in [0.25, 0.3) is 0 Å². The number of nitrogens with one attached hydrogen (secondary N) is 2. The van der Waals surface area contributed by atoms with Crippen LogP contribution in [0.4, 0.5) is 0 Å². The summed E-state index contributed by atoms with van der Waals surface area (Å²) in [6.07, 6.45) is 23.5. The average Bonchev–Trinajstić information content (AvgIpc) is 2.66. The molecule has 0 rings (SSSR count). The summed E-state index contributed by atoms with van der Waals surface area (Å²) < 4.78 is 0. The van der Waals surface area contributed by atoms with E-state index in [0.29, 0.717) is 0 Å². The van der Waals surface area contributed by atoms with Crippen LogP contribution < -0.4 is 10.6 Å². The van der Waals surface area contributed by atoms with Crippen molar-refractivity contribution in [2.45, 2.75) is 87.2 Å². The summed E-state index contributed by atoms with van der Waals surface area (Å²) >= 11 is 0. The van der Waals surface area contributed by atoms with Gasteiger partial charge in [0, 0.05) is 5.70 Å². The van der Waals surface area contributed by atoms with Gasteiger partial charge in [0.05, 0.1) is 0 Å². The quantitative estimate of drug-likeness (QED) is 0.182. The molecule has 0 aromatic heterocycles. The van der Waals surface area contributed by atoms with E-state index in [-0.39, 0.29) is 11.6 Å². The van der Waals surface area contributed by atoms with Gasteiger partial charge >= 0.3 is 0 Å². The molecule has 0 saturated heterocycles. The molecule has 2 N–H and O–H groups in total. The molecule has 0 aromatic rings. The lowest BCUT2D eigenvalue weighted by atomic mass is 9.85. The molecule has 30 heavy (non-hydrogen) atoms. The first-order chi connectivity index (χ1) is 14.1. The first-order valence-corrected chi connectivity index (χ1v) is 11.3. The van der Waals surface area contributed by atoms with Crippen molar-refractivity contribution < 1.29 is 0 Å². The predicted octanol–water partition coefficient (Wildman–Crippen LogP) is 8.12. The lowest BCUT2D eigenvalue weighted by molar-refractivity contribution is 0.511. The minimum Gasteiger partial charge on any atom is -0.368 e. The van der Waals surface area contributed by atoms with Crippen LogP contribution in [-0.4, -0.2) is 6.17 Å². The third-order valence-electron chi connectivity index (χ3n) is 4.77. The van der Waals surface area contributed by atoms with E-state index >= 15 is 0 Å². The predicted molar refractivity (Wildman–Crippen MR) is 137 cm³/mol. The molecule has 1 unspecified atom stereocenters. The first-order valence-electron chi connectivity index (χ1n) is 11.3. The molecular formula is C28H46N2. The SMILES string of the molecule is C=C(CCC)CC/C=C(\C=C(/C)NC(C=CC)N/C=C/C=C\C(C)=C/C)C(C)(C)C. The van der Waals surface area contributed by atoms with Crippen molar-refractivity contribution in [1.82, 2.24) is 10.6 Å². The summed E-state index contributed by atoms with van der Waals surface area (Å²) in [4.78, 5) is 0. The Morgan fingerprint density at radius 2 is 1.77 bits per heavy atom. The van der Waals surface area contributed by atoms with Crippen LogP contribution in [-0.2, 0) is 0 Å². The Kier molecular flexibility index (Phi) is 14.4. The van der Waals surface area contributed by atoms with Gasteiger partial charge in [0.25, 0.3) is 0 Å². The summed E-state index contributed by atoms with van der Waals surface area (Å²) in [5.41, 5.74) is 5.21. The zero-order chi connectivity index (χ0) is 23.0. The Labute approximate surface area is 187 Å². The zero-order valence-corrected chi connectivity index (χ0v) is 20.8. The molecule has 0 bridgehead atoms. The maximum atomic E-state index is 4.19. The molecule has 0 aliphatic heterocycles. The molecule has 2 nitrogen and oxygen atoms in total. The Hall–Kier alpha value is -2.22. The van der Waals surface area contributed by atoms with E-state index in [9.17, 15) is 0 Å². The van der Waals surface area contributed by atoms with Crippen LogP contribution in [0.3, 0.4) is 0 Å². The summed E-state index contributed by atoms with van der Waals surface area (Å²) in [6, 6.07) is 0. The van der Waals surface area contributed by atoms with Gasteiger partial charge in [-0.05, 0) is 82.4 Å². The minimum atomic E-state index is 0.0456. The molecule has 2 heteroatoms. The zero-order valence-electron chi connectivity index (χ0n) is 20.8. The van der Waals surface area contributed by atoms with E-state index in [1.54, 1.807) is 0 Å². The fraction of sp³-hybridized carbons (Fsp3) is 0.500. The monoisotopic (exact) mass is 410 g/mol. The fourth-order valence-electron chi connectivity index (χ4n) is 2.87. The molecule has 168 valence electrons. The Bertz CT molecular complexity index is 676. The van der Waals surface area contributed by atoms with Gasteiger partial charge in [-0.3, -0.25) is 0 Å². The fourth-order valence-corrected chi connectivity index (χ4v) is 2.87. The second-order valence-corrected chi connectivity index (χ2v) is 8.84. The van der Waals surface area contributed by atoms with E-state index in [2.05, 4.69) is 95.2 Å². The second kappa shape index (κ2) is 15.6. The largest absolute Gasteiger partial charge is 0.368 e. The molecule has 0 heterocycles. The van der Waals surface area contributed by atoms with Crippen molar-refractivity contribution in [2.75, 3.05) is 0 Å². The Morgan fingerprint density at radius 3 is 2.33 bits per heavy atom. The summed E-state index contributed by atoms with van der Waals surface area (Å²) in [5, 5.41) is 6.98. The molecular weight excluding hydrogens is 364 g/mol. The summed E-state index contributed by atoms with van der Waals surface area (Å²) in [7, 11) is 0. The highest BCUT2D eigenvalue weighted by Gasteiger charge is 2.15. The van der Waals surface area contributed by atoms with Crippen LogP contribution in [0.2, 0.25) is 0 Å². The number of rotatable bonds is 13. The van der Waals surface area contributed by atoms with Crippen LogP contribution in [0, 0.1) is 5.41 Å². The number of allylic oxidation sites excluding steroid dienone is 11. The first kappa shape index (κ1) is 27.8. The molecule has 0 radical (unpaired) electrons. The molecule has 0 aliphatic carbocycles. The van der Waals surface area contributed by atoms with Gasteiger partial charge in [-0.25, -0.2) is 0 Å². The number of hydrogen-bond donors (Lipinski definition) is 2. The molecule has 1 atom stereocenters. The van der Waals surface area contributed by atoms with E-state index in [1.165, 1.54) is 23.1 Å². The smallest absolute Gasteiger partial charge is 0.115 e. The highest BCUT2D eigenvalue weighted by molar-refractivity contribution is 5.28. The van der Waals surface area contributed by atoms with E-state index in [4.69, 9.17) is 0 Å². The van der Waals surface area contributed by atoms with Crippen LogP contribution >= 0.6 is 0 Å². The van der Waals surface area contributed by atoms with Crippen molar-refractivity contribution >= 4 is 0 Å². The number of hydrogen-bond acceptors (Lipinski definition) is 2. The maximum absolute atomic E-state index is 4.19. The van der Waals surface area contributed by atoms with Crippen molar-refractivity contribution in [3.05, 3.63) is 83.8 Å². The lowest BCUT2D eigenvalue weighted by Crippen LogP contribution is -2.36. The highest BCUT2D eigenvalue weighted by Crippen LogP contribution is 2.28. The lowest BCUT2D eigenvalue weighted by Gasteiger charge is -2.23. The van der Waals surface area contributed by atoms with Gasteiger partial charge in [-0.1, -0.05) is 82.2 Å². The molecule has 0 aliphatic rings. The van der Waals surface area contributed by atoms with Crippen molar-refractivity contribution in [2.24, 2.45) is 5.41 Å². The van der Waals surface area contributed by atoms with Gasteiger partial charge in [0.1, 0.15) is 6.17 Å². The van der Waals surface area contributed by atoms with Gasteiger partial charge < -0.3 is 10.6 Å². The van der Waals surface area contributed by atoms with Crippen molar-refractivity contribution in [3.63, 3.8) is 0 Å². The van der Waals surface area contributed by atoms with Crippen LogP contribution in [0.1, 0.15) is 81.1 Å². The molecule has 0 aromatic carbocycles. The van der Waals surface area contributed by atoms with E-state index < -0.39 is 0 Å². The van der Waals surface area contributed by atoms with Gasteiger partial charge in [-0.15, -0.1) is 0 Å². The topological polar surface area (TPSA) is 24.1 Å². The second-order valence-electron chi connectivity index (χ2n) is 8.84. The van der Waals surface area contributed by atoms with E-state index in [1.807, 2.05) is 32.2 Å². The molecule has 0 saturated carbocycles. The van der Waals surface area contributed by atoms with Crippen LogP contribution in [0.15, 0.2) is 83.8 Å². The van der Waals surface area contributed by atoms with E-state index in [0.717, 1.165) is 25.0 Å². The van der Waals surface area contributed by atoms with Crippen molar-refractivity contribution in [3.8, 4) is 0 Å². The van der Waals surface area contributed by atoms with Gasteiger partial charge in [0.15, 0.2) is 0 Å². The minimum absolute atomic E-state index is 0.0456. The molecule has 0 amide bonds. The third-order valence-corrected chi connectivity index (χ3v) is 4.77. The molecule has 0 spiro atoms. The van der Waals surface area contributed by atoms with Crippen LogP contribution in [0.5, 0.6) is 0 Å². The van der Waals surface area contributed by atoms with Crippen molar-refractivity contribution in [1.29, 1.82) is 0 Å². The average molecular weight is 411 g/mol. The summed E-state index contributed by atoms with van der Waals surface area (Å²) in [6.45, 7) is 21.5. The highest BCUT2D eigenvalue weighted by atomic mass is 15.1. The molecule has 0 fully saturated rings. The Balaban J connectivity index is 5.13. The normalized spacial score (nSPS) is 15.4. The standard InChI is InChI=1S/C28H46N2/c1-10-16-24(5)19-15-20-26(28(7,8)9)22-25(6)30-27(17-11-2)29-21-14-13-18-23(4)12-3/h11-14,17-18,20-22,27,29-30H,5,10,15-16,19H2,1-4,6-9H3/b17-11?,18-13-,21-14+,23-12-,25-22+,26-20+. The summed E-state index contributed by atoms with van der Waals surface area (Å²) in [5.74, 6) is 0. The van der Waals surface area contributed by atoms with Gasteiger partial charge in [-0.2, -0.15) is 0 Å².